The monoisotopic (exact) mass is 291 g/mol. The maximum Gasteiger partial charge on any atom is 0.166 e. The smallest absolute Gasteiger partial charge is 0.166 e. The summed E-state index contributed by atoms with van der Waals surface area (Å²) in [5.74, 6) is 1.84. The van der Waals surface area contributed by atoms with Gasteiger partial charge in [0.1, 0.15) is 0 Å². The molecule has 1 heterocycles. The number of aromatic nitrogens is 2. The van der Waals surface area contributed by atoms with Crippen LogP contribution in [0.25, 0.3) is 11.0 Å². The molecule has 0 spiro atoms. The van der Waals surface area contributed by atoms with Crippen LogP contribution in [-0.2, 0) is 0 Å². The van der Waals surface area contributed by atoms with E-state index in [4.69, 9.17) is 0 Å². The van der Waals surface area contributed by atoms with Crippen LogP contribution in [0.5, 0.6) is 0 Å². The van der Waals surface area contributed by atoms with Gasteiger partial charge in [0, 0.05) is 18.3 Å². The molecule has 0 radical (unpaired) electrons. The Morgan fingerprint density at radius 2 is 2.00 bits per heavy atom. The molecule has 2 aromatic rings. The van der Waals surface area contributed by atoms with E-state index in [1.807, 2.05) is 18.2 Å². The Kier molecular flexibility index (Phi) is 5.92. The Labute approximate surface area is 125 Å². The van der Waals surface area contributed by atoms with Crippen LogP contribution >= 0.6 is 11.8 Å². The average Bonchev–Trinajstić information content (AvgIpc) is 2.84. The van der Waals surface area contributed by atoms with Crippen molar-refractivity contribution in [1.29, 1.82) is 0 Å². The highest BCUT2D eigenvalue weighted by Crippen LogP contribution is 2.18. The average molecular weight is 291 g/mol. The van der Waals surface area contributed by atoms with Crippen molar-refractivity contribution in [3.63, 3.8) is 0 Å². The number of benzene rings is 1. The summed E-state index contributed by atoms with van der Waals surface area (Å²) in [5, 5.41) is 4.60. The van der Waals surface area contributed by atoms with Crippen molar-refractivity contribution < 1.29 is 0 Å². The summed E-state index contributed by atoms with van der Waals surface area (Å²) in [7, 11) is 0. The van der Waals surface area contributed by atoms with Gasteiger partial charge in [-0.25, -0.2) is 4.98 Å². The standard InChI is InChI=1S/C16H25N3S/c1-12(2)8-9-13(3)17-10-11-20-16-18-14-6-4-5-7-15(14)19-16/h4-7,12-13,17H,8-11H2,1-3H3,(H,18,19). The van der Waals surface area contributed by atoms with Gasteiger partial charge in [-0.2, -0.15) is 0 Å². The first kappa shape index (κ1) is 15.4. The summed E-state index contributed by atoms with van der Waals surface area (Å²) < 4.78 is 0. The van der Waals surface area contributed by atoms with Crippen LogP contribution in [0.15, 0.2) is 29.4 Å². The molecule has 0 aliphatic carbocycles. The van der Waals surface area contributed by atoms with Crippen LogP contribution < -0.4 is 5.32 Å². The number of hydrogen-bond donors (Lipinski definition) is 2. The number of para-hydroxylation sites is 2. The van der Waals surface area contributed by atoms with Crippen molar-refractivity contribution in [1.82, 2.24) is 15.3 Å². The fraction of sp³-hybridized carbons (Fsp3) is 0.562. The first-order chi connectivity index (χ1) is 9.65. The van der Waals surface area contributed by atoms with Crippen LogP contribution in [0.3, 0.4) is 0 Å². The minimum atomic E-state index is 0.605. The molecule has 0 amide bonds. The van der Waals surface area contributed by atoms with Gasteiger partial charge in [-0.3, -0.25) is 0 Å². The normalized spacial score (nSPS) is 13.2. The van der Waals surface area contributed by atoms with E-state index in [0.717, 1.165) is 34.4 Å². The highest BCUT2D eigenvalue weighted by atomic mass is 32.2. The Morgan fingerprint density at radius 3 is 2.75 bits per heavy atom. The van der Waals surface area contributed by atoms with E-state index in [2.05, 4.69) is 42.1 Å². The van der Waals surface area contributed by atoms with Crippen molar-refractivity contribution in [2.75, 3.05) is 12.3 Å². The number of hydrogen-bond acceptors (Lipinski definition) is 3. The van der Waals surface area contributed by atoms with Gasteiger partial charge in [0.25, 0.3) is 0 Å². The first-order valence-corrected chi connectivity index (χ1v) is 8.44. The molecule has 110 valence electrons. The van der Waals surface area contributed by atoms with Crippen molar-refractivity contribution in [3.05, 3.63) is 24.3 Å². The van der Waals surface area contributed by atoms with E-state index in [1.165, 1.54) is 12.8 Å². The Hall–Kier alpha value is -1.00. The lowest BCUT2D eigenvalue weighted by Crippen LogP contribution is -2.28. The lowest BCUT2D eigenvalue weighted by atomic mass is 10.0. The fourth-order valence-corrected chi connectivity index (χ4v) is 2.89. The molecule has 3 nitrogen and oxygen atoms in total. The third-order valence-electron chi connectivity index (χ3n) is 3.38. The number of nitrogens with zero attached hydrogens (tertiary/aromatic N) is 1. The third kappa shape index (κ3) is 4.84. The van der Waals surface area contributed by atoms with Gasteiger partial charge in [0.15, 0.2) is 5.16 Å². The molecule has 0 bridgehead atoms. The minimum absolute atomic E-state index is 0.605. The number of thioether (sulfide) groups is 1. The molecule has 0 fully saturated rings. The zero-order chi connectivity index (χ0) is 14.4. The minimum Gasteiger partial charge on any atom is -0.333 e. The molecular weight excluding hydrogens is 266 g/mol. The lowest BCUT2D eigenvalue weighted by molar-refractivity contribution is 0.460. The van der Waals surface area contributed by atoms with Gasteiger partial charge in [0.05, 0.1) is 11.0 Å². The molecule has 1 atom stereocenters. The fourth-order valence-electron chi connectivity index (χ4n) is 2.14. The third-order valence-corrected chi connectivity index (χ3v) is 4.25. The van der Waals surface area contributed by atoms with Gasteiger partial charge >= 0.3 is 0 Å². The van der Waals surface area contributed by atoms with E-state index >= 15 is 0 Å². The van der Waals surface area contributed by atoms with Gasteiger partial charge in [0.2, 0.25) is 0 Å². The van der Waals surface area contributed by atoms with Gasteiger partial charge in [-0.15, -0.1) is 0 Å². The number of fused-ring (bicyclic) bond motifs is 1. The summed E-state index contributed by atoms with van der Waals surface area (Å²) in [6, 6.07) is 8.78. The predicted octanol–water partition coefficient (Wildman–Crippen LogP) is 4.07. The van der Waals surface area contributed by atoms with Crippen LogP contribution in [-0.4, -0.2) is 28.3 Å². The highest BCUT2D eigenvalue weighted by molar-refractivity contribution is 7.99. The molecule has 1 aromatic heterocycles. The zero-order valence-corrected chi connectivity index (χ0v) is 13.5. The summed E-state index contributed by atoms with van der Waals surface area (Å²) >= 11 is 1.78. The number of H-pyrrole nitrogens is 1. The molecular formula is C16H25N3S. The molecule has 2 N–H and O–H groups in total. The topological polar surface area (TPSA) is 40.7 Å². The van der Waals surface area contributed by atoms with Crippen LogP contribution in [0.2, 0.25) is 0 Å². The lowest BCUT2D eigenvalue weighted by Gasteiger charge is -2.14. The summed E-state index contributed by atoms with van der Waals surface area (Å²) in [6.45, 7) is 7.86. The van der Waals surface area contributed by atoms with Gasteiger partial charge < -0.3 is 10.3 Å². The maximum atomic E-state index is 4.57. The molecule has 0 saturated heterocycles. The van der Waals surface area contributed by atoms with Crippen LogP contribution in [0.1, 0.15) is 33.6 Å². The molecule has 4 heteroatoms. The maximum absolute atomic E-state index is 4.57. The Bertz CT molecular complexity index is 488. The molecule has 20 heavy (non-hydrogen) atoms. The number of nitrogens with one attached hydrogen (secondary N) is 2. The molecule has 1 aromatic carbocycles. The van der Waals surface area contributed by atoms with E-state index < -0.39 is 0 Å². The second-order valence-electron chi connectivity index (χ2n) is 5.73. The van der Waals surface area contributed by atoms with E-state index in [1.54, 1.807) is 11.8 Å². The van der Waals surface area contributed by atoms with E-state index in [9.17, 15) is 0 Å². The van der Waals surface area contributed by atoms with Crippen LogP contribution in [0.4, 0.5) is 0 Å². The quantitative estimate of drug-likeness (QED) is 0.569. The summed E-state index contributed by atoms with van der Waals surface area (Å²) in [5.41, 5.74) is 2.17. The van der Waals surface area contributed by atoms with Gasteiger partial charge in [-0.1, -0.05) is 37.7 Å². The van der Waals surface area contributed by atoms with Crippen LogP contribution in [0, 0.1) is 5.92 Å². The van der Waals surface area contributed by atoms with Crippen molar-refractivity contribution in [3.8, 4) is 0 Å². The number of rotatable bonds is 8. The zero-order valence-electron chi connectivity index (χ0n) is 12.6. The Balaban J connectivity index is 1.68. The second-order valence-corrected chi connectivity index (χ2v) is 6.82. The highest BCUT2D eigenvalue weighted by Gasteiger charge is 2.04. The predicted molar refractivity (Wildman–Crippen MR) is 88.4 cm³/mol. The Morgan fingerprint density at radius 1 is 1.20 bits per heavy atom. The van der Waals surface area contributed by atoms with Gasteiger partial charge in [-0.05, 0) is 37.8 Å². The van der Waals surface area contributed by atoms with E-state index in [-0.39, 0.29) is 0 Å². The molecule has 0 aliphatic rings. The molecule has 0 aliphatic heterocycles. The number of aromatic amines is 1. The molecule has 0 saturated carbocycles. The summed E-state index contributed by atoms with van der Waals surface area (Å²) in [4.78, 5) is 7.92. The second kappa shape index (κ2) is 7.70. The van der Waals surface area contributed by atoms with Crippen molar-refractivity contribution >= 4 is 22.8 Å². The first-order valence-electron chi connectivity index (χ1n) is 7.46. The largest absolute Gasteiger partial charge is 0.333 e. The summed E-state index contributed by atoms with van der Waals surface area (Å²) in [6.07, 6.45) is 2.55. The van der Waals surface area contributed by atoms with Crippen molar-refractivity contribution in [2.45, 2.75) is 44.8 Å². The molecule has 1 unspecified atom stereocenters. The SMILES string of the molecule is CC(C)CCC(C)NCCSc1nc2ccccc2[nH]1. The number of imidazole rings is 1. The van der Waals surface area contributed by atoms with Crippen molar-refractivity contribution in [2.24, 2.45) is 5.92 Å². The molecule has 2 rings (SSSR count). The van der Waals surface area contributed by atoms with E-state index in [0.29, 0.717) is 6.04 Å².